The summed E-state index contributed by atoms with van der Waals surface area (Å²) in [6.45, 7) is 0. The van der Waals surface area contributed by atoms with E-state index in [9.17, 15) is 4.79 Å². The molecule has 0 aliphatic carbocycles. The monoisotopic (exact) mass is 291 g/mol. The zero-order valence-corrected chi connectivity index (χ0v) is 11.4. The summed E-state index contributed by atoms with van der Waals surface area (Å²) in [6, 6.07) is 9.31. The van der Waals surface area contributed by atoms with E-state index in [0.29, 0.717) is 4.34 Å². The van der Waals surface area contributed by atoms with E-state index < -0.39 is 0 Å². The molecule has 0 saturated heterocycles. The lowest BCUT2D eigenvalue weighted by atomic mass is 10.2. The lowest BCUT2D eigenvalue weighted by Crippen LogP contribution is -2.13. The molecule has 3 rings (SSSR count). The van der Waals surface area contributed by atoms with E-state index in [1.807, 2.05) is 18.2 Å². The van der Waals surface area contributed by atoms with Gasteiger partial charge in [0.2, 0.25) is 5.91 Å². The van der Waals surface area contributed by atoms with E-state index in [2.05, 4.69) is 15.3 Å². The highest BCUT2D eigenvalue weighted by atomic mass is 35.5. The molecular weight excluding hydrogens is 282 g/mol. The number of rotatable bonds is 3. The average molecular weight is 292 g/mol. The smallest absolute Gasteiger partial charge is 0.230 e. The van der Waals surface area contributed by atoms with Crippen LogP contribution in [0.15, 0.2) is 36.5 Å². The number of carbonyl (C=O) groups is 1. The van der Waals surface area contributed by atoms with E-state index in [1.54, 1.807) is 18.3 Å². The zero-order valence-electron chi connectivity index (χ0n) is 9.81. The minimum atomic E-state index is -0.0786. The first-order valence-electron chi connectivity index (χ1n) is 5.68. The van der Waals surface area contributed by atoms with E-state index in [1.165, 1.54) is 11.3 Å². The molecule has 0 aromatic carbocycles. The second-order valence-corrected chi connectivity index (χ2v) is 5.78. The standard InChI is InChI=1S/C13H10ClN3OS/c14-10-3-4-12(19-10)17-11(18)7-9-6-8-2-1-5-15-13(8)16-9/h1-6H,7H2,(H,15,16)(H,17,18). The highest BCUT2D eigenvalue weighted by Gasteiger charge is 2.08. The molecule has 2 N–H and O–H groups in total. The van der Waals surface area contributed by atoms with Crippen LogP contribution < -0.4 is 5.32 Å². The Balaban J connectivity index is 1.72. The van der Waals surface area contributed by atoms with E-state index >= 15 is 0 Å². The second-order valence-electron chi connectivity index (χ2n) is 4.06. The van der Waals surface area contributed by atoms with Gasteiger partial charge in [-0.05, 0) is 30.3 Å². The molecule has 0 spiro atoms. The van der Waals surface area contributed by atoms with Crippen molar-refractivity contribution in [2.75, 3.05) is 5.32 Å². The first-order chi connectivity index (χ1) is 9.20. The Kier molecular flexibility index (Phi) is 3.23. The van der Waals surface area contributed by atoms with Crippen LogP contribution in [0, 0.1) is 0 Å². The van der Waals surface area contributed by atoms with E-state index in [0.717, 1.165) is 21.7 Å². The summed E-state index contributed by atoms with van der Waals surface area (Å²) < 4.78 is 0.658. The van der Waals surface area contributed by atoms with Crippen molar-refractivity contribution in [2.24, 2.45) is 0 Å². The minimum absolute atomic E-state index is 0.0786. The molecule has 0 aliphatic rings. The lowest BCUT2D eigenvalue weighted by molar-refractivity contribution is -0.115. The van der Waals surface area contributed by atoms with Gasteiger partial charge < -0.3 is 10.3 Å². The van der Waals surface area contributed by atoms with Gasteiger partial charge in [0.05, 0.1) is 15.8 Å². The van der Waals surface area contributed by atoms with E-state index in [4.69, 9.17) is 11.6 Å². The Morgan fingerprint density at radius 2 is 2.32 bits per heavy atom. The van der Waals surface area contributed by atoms with Gasteiger partial charge in [-0.25, -0.2) is 4.98 Å². The maximum Gasteiger partial charge on any atom is 0.230 e. The summed E-state index contributed by atoms with van der Waals surface area (Å²) in [6.07, 6.45) is 2.00. The number of halogens is 1. The van der Waals surface area contributed by atoms with E-state index in [-0.39, 0.29) is 12.3 Å². The topological polar surface area (TPSA) is 57.8 Å². The fourth-order valence-electron chi connectivity index (χ4n) is 1.85. The Morgan fingerprint density at radius 3 is 3.05 bits per heavy atom. The predicted octanol–water partition coefficient (Wildman–Crippen LogP) is 3.46. The number of nitrogens with zero attached hydrogens (tertiary/aromatic N) is 1. The molecule has 3 aromatic heterocycles. The predicted molar refractivity (Wildman–Crippen MR) is 77.8 cm³/mol. The minimum Gasteiger partial charge on any atom is -0.343 e. The van der Waals surface area contributed by atoms with Crippen molar-refractivity contribution in [2.45, 2.75) is 6.42 Å². The molecule has 0 unspecified atom stereocenters. The summed E-state index contributed by atoms with van der Waals surface area (Å²) in [5, 5.41) is 4.57. The Morgan fingerprint density at radius 1 is 1.42 bits per heavy atom. The van der Waals surface area contributed by atoms with Crippen molar-refractivity contribution in [1.82, 2.24) is 9.97 Å². The maximum absolute atomic E-state index is 11.9. The van der Waals surface area contributed by atoms with Gasteiger partial charge in [0.15, 0.2) is 0 Å². The quantitative estimate of drug-likeness (QED) is 0.776. The molecule has 0 aliphatic heterocycles. The van der Waals surface area contributed by atoms with Gasteiger partial charge in [-0.1, -0.05) is 11.6 Å². The normalized spacial score (nSPS) is 10.8. The van der Waals surface area contributed by atoms with Crippen molar-refractivity contribution in [1.29, 1.82) is 0 Å². The molecule has 19 heavy (non-hydrogen) atoms. The molecule has 3 aromatic rings. The molecule has 0 atom stereocenters. The van der Waals surface area contributed by atoms with Crippen LogP contribution in [0.4, 0.5) is 5.00 Å². The summed E-state index contributed by atoms with van der Waals surface area (Å²) in [4.78, 5) is 19.2. The summed E-state index contributed by atoms with van der Waals surface area (Å²) >= 11 is 7.15. The number of thiophene rings is 1. The van der Waals surface area contributed by atoms with Crippen LogP contribution in [0.5, 0.6) is 0 Å². The van der Waals surface area contributed by atoms with Gasteiger partial charge in [-0.2, -0.15) is 0 Å². The molecule has 3 heterocycles. The fourth-order valence-corrected chi connectivity index (χ4v) is 2.81. The molecule has 0 saturated carbocycles. The molecule has 1 amide bonds. The van der Waals surface area contributed by atoms with Gasteiger partial charge in [-0.3, -0.25) is 4.79 Å². The molecule has 96 valence electrons. The van der Waals surface area contributed by atoms with Gasteiger partial charge in [0, 0.05) is 17.3 Å². The van der Waals surface area contributed by atoms with Crippen molar-refractivity contribution >= 4 is 44.9 Å². The third kappa shape index (κ3) is 2.77. The average Bonchev–Trinajstić information content (AvgIpc) is 2.94. The number of anilines is 1. The summed E-state index contributed by atoms with van der Waals surface area (Å²) in [5.41, 5.74) is 1.64. The second kappa shape index (κ2) is 5.03. The first kappa shape index (κ1) is 12.2. The number of fused-ring (bicyclic) bond motifs is 1. The third-order valence-electron chi connectivity index (χ3n) is 2.63. The number of H-pyrrole nitrogens is 1. The van der Waals surface area contributed by atoms with Crippen molar-refractivity contribution in [3.63, 3.8) is 0 Å². The number of pyridine rings is 1. The largest absolute Gasteiger partial charge is 0.343 e. The fraction of sp³-hybridized carbons (Fsp3) is 0.0769. The Labute approximate surface area is 118 Å². The highest BCUT2D eigenvalue weighted by Crippen LogP contribution is 2.26. The number of aromatic nitrogens is 2. The zero-order chi connectivity index (χ0) is 13.2. The van der Waals surface area contributed by atoms with Crippen molar-refractivity contribution in [3.05, 3.63) is 46.6 Å². The third-order valence-corrected chi connectivity index (χ3v) is 3.78. The van der Waals surface area contributed by atoms with Crippen LogP contribution in [0.25, 0.3) is 11.0 Å². The molecule has 4 nitrogen and oxygen atoms in total. The molecule has 0 radical (unpaired) electrons. The summed E-state index contributed by atoms with van der Waals surface area (Å²) in [7, 11) is 0. The molecule has 0 bridgehead atoms. The number of hydrogen-bond donors (Lipinski definition) is 2. The molecule has 0 fully saturated rings. The number of amides is 1. The van der Waals surface area contributed by atoms with Gasteiger partial charge >= 0.3 is 0 Å². The van der Waals surface area contributed by atoms with Crippen LogP contribution >= 0.6 is 22.9 Å². The van der Waals surface area contributed by atoms with Crippen LogP contribution in [0.3, 0.4) is 0 Å². The van der Waals surface area contributed by atoms with Crippen LogP contribution in [-0.2, 0) is 11.2 Å². The SMILES string of the molecule is O=C(Cc1cc2cccnc2[nH]1)Nc1ccc(Cl)s1. The molecular formula is C13H10ClN3OS. The van der Waals surface area contributed by atoms with Gasteiger partial charge in [-0.15, -0.1) is 11.3 Å². The van der Waals surface area contributed by atoms with Gasteiger partial charge in [0.25, 0.3) is 0 Å². The maximum atomic E-state index is 11.9. The van der Waals surface area contributed by atoms with Crippen LogP contribution in [0.1, 0.15) is 5.69 Å². The number of aromatic amines is 1. The summed E-state index contributed by atoms with van der Waals surface area (Å²) in [5.74, 6) is -0.0786. The first-order valence-corrected chi connectivity index (χ1v) is 6.88. The Hall–Kier alpha value is -1.85. The van der Waals surface area contributed by atoms with Crippen molar-refractivity contribution < 1.29 is 4.79 Å². The van der Waals surface area contributed by atoms with Crippen molar-refractivity contribution in [3.8, 4) is 0 Å². The van der Waals surface area contributed by atoms with Crippen LogP contribution in [0.2, 0.25) is 4.34 Å². The number of carbonyl (C=O) groups excluding carboxylic acids is 1. The molecule has 6 heteroatoms. The van der Waals surface area contributed by atoms with Gasteiger partial charge in [0.1, 0.15) is 5.65 Å². The highest BCUT2D eigenvalue weighted by molar-refractivity contribution is 7.20. The lowest BCUT2D eigenvalue weighted by Gasteiger charge is -2.00. The Bertz CT molecular complexity index is 701. The number of hydrogen-bond acceptors (Lipinski definition) is 3. The number of nitrogens with one attached hydrogen (secondary N) is 2. The van der Waals surface area contributed by atoms with Crippen LogP contribution in [-0.4, -0.2) is 15.9 Å².